The van der Waals surface area contributed by atoms with Crippen molar-refractivity contribution in [2.24, 2.45) is 5.92 Å². The molecule has 1 aromatic rings. The molecule has 2 saturated heterocycles. The minimum atomic E-state index is 0.201. The second-order valence-electron chi connectivity index (χ2n) is 8.06. The van der Waals surface area contributed by atoms with Crippen LogP contribution < -0.4 is 0 Å². The van der Waals surface area contributed by atoms with E-state index < -0.39 is 0 Å². The van der Waals surface area contributed by atoms with Crippen LogP contribution in [0.2, 0.25) is 0 Å². The van der Waals surface area contributed by atoms with Crippen LogP contribution in [0.1, 0.15) is 31.4 Å². The zero-order valence-corrected chi connectivity index (χ0v) is 15.0. The van der Waals surface area contributed by atoms with Crippen molar-refractivity contribution >= 4 is 0 Å². The molecular formula is C20H30N2O2. The van der Waals surface area contributed by atoms with Gasteiger partial charge in [-0.05, 0) is 54.0 Å². The van der Waals surface area contributed by atoms with E-state index in [0.717, 1.165) is 39.3 Å². The molecule has 0 amide bonds. The standard InChI is InChI=1S/C20H30N2O2/c1-15-19-13-16-3-4-17(23)14-18(16)20(15,2)5-6-22(19)8-7-21-9-11-24-12-10-21/h3-4,14-15,19,23H,5-13H2,1-2H3/t15-,19+,20+/m1/s1. The Morgan fingerprint density at radius 2 is 2.00 bits per heavy atom. The number of nitrogens with zero attached hydrogens (tertiary/aromatic N) is 2. The van der Waals surface area contributed by atoms with Crippen LogP contribution in [-0.4, -0.2) is 66.9 Å². The fourth-order valence-electron chi connectivity index (χ4n) is 5.07. The van der Waals surface area contributed by atoms with Crippen molar-refractivity contribution in [3.05, 3.63) is 29.3 Å². The molecule has 0 saturated carbocycles. The predicted molar refractivity (Wildman–Crippen MR) is 95.6 cm³/mol. The second-order valence-corrected chi connectivity index (χ2v) is 8.06. The number of morpholine rings is 1. The number of hydrogen-bond donors (Lipinski definition) is 1. The topological polar surface area (TPSA) is 35.9 Å². The highest BCUT2D eigenvalue weighted by Gasteiger charge is 2.48. The van der Waals surface area contributed by atoms with Gasteiger partial charge in [0.25, 0.3) is 0 Å². The third kappa shape index (κ3) is 2.75. The molecule has 4 nitrogen and oxygen atoms in total. The number of phenols is 1. The number of ether oxygens (including phenoxy) is 1. The molecule has 2 bridgehead atoms. The first-order valence-corrected chi connectivity index (χ1v) is 9.44. The van der Waals surface area contributed by atoms with Gasteiger partial charge >= 0.3 is 0 Å². The summed E-state index contributed by atoms with van der Waals surface area (Å²) in [5.74, 6) is 1.04. The van der Waals surface area contributed by atoms with E-state index in [0.29, 0.717) is 17.7 Å². The van der Waals surface area contributed by atoms with Crippen LogP contribution in [0.25, 0.3) is 0 Å². The SMILES string of the molecule is C[C@@H]1[C@@H]2Cc3ccc(O)cc3[C@@]1(C)CCN2CCN1CCOCC1. The van der Waals surface area contributed by atoms with E-state index >= 15 is 0 Å². The summed E-state index contributed by atoms with van der Waals surface area (Å²) < 4.78 is 5.46. The molecule has 0 unspecified atom stereocenters. The molecule has 24 heavy (non-hydrogen) atoms. The van der Waals surface area contributed by atoms with E-state index in [1.54, 1.807) is 0 Å². The summed E-state index contributed by atoms with van der Waals surface area (Å²) in [6, 6.07) is 6.65. The van der Waals surface area contributed by atoms with Gasteiger partial charge in [-0.1, -0.05) is 19.9 Å². The van der Waals surface area contributed by atoms with E-state index in [4.69, 9.17) is 4.74 Å². The minimum Gasteiger partial charge on any atom is -0.508 e. The van der Waals surface area contributed by atoms with Crippen LogP contribution in [0.3, 0.4) is 0 Å². The predicted octanol–water partition coefficient (Wildman–Crippen LogP) is 2.25. The Hall–Kier alpha value is -1.10. The van der Waals surface area contributed by atoms with E-state index in [9.17, 15) is 5.11 Å². The number of hydrogen-bond acceptors (Lipinski definition) is 4. The first-order valence-electron chi connectivity index (χ1n) is 9.44. The van der Waals surface area contributed by atoms with Crippen LogP contribution in [0.15, 0.2) is 18.2 Å². The fraction of sp³-hybridized carbons (Fsp3) is 0.700. The molecule has 0 spiro atoms. The van der Waals surface area contributed by atoms with Crippen molar-refractivity contribution in [1.82, 2.24) is 9.80 Å². The maximum absolute atomic E-state index is 9.94. The van der Waals surface area contributed by atoms with Crippen molar-refractivity contribution in [2.45, 2.75) is 38.1 Å². The Morgan fingerprint density at radius 3 is 2.79 bits per heavy atom. The van der Waals surface area contributed by atoms with Crippen LogP contribution in [0.4, 0.5) is 0 Å². The molecule has 2 aliphatic heterocycles. The van der Waals surface area contributed by atoms with E-state index in [-0.39, 0.29) is 5.41 Å². The molecule has 0 aromatic heterocycles. The van der Waals surface area contributed by atoms with Crippen molar-refractivity contribution in [1.29, 1.82) is 0 Å². The lowest BCUT2D eigenvalue weighted by Crippen LogP contribution is -2.59. The normalized spacial score (nSPS) is 34.1. The molecule has 1 aliphatic carbocycles. The van der Waals surface area contributed by atoms with Gasteiger partial charge in [-0.15, -0.1) is 0 Å². The Morgan fingerprint density at radius 1 is 1.21 bits per heavy atom. The zero-order chi connectivity index (χ0) is 16.7. The quantitative estimate of drug-likeness (QED) is 0.922. The summed E-state index contributed by atoms with van der Waals surface area (Å²) in [6.07, 6.45) is 2.31. The third-order valence-corrected chi connectivity index (χ3v) is 6.91. The summed E-state index contributed by atoms with van der Waals surface area (Å²) in [5, 5.41) is 9.94. The lowest BCUT2D eigenvalue weighted by Gasteiger charge is -2.55. The Kier molecular flexibility index (Phi) is 4.31. The first-order chi connectivity index (χ1) is 11.6. The van der Waals surface area contributed by atoms with E-state index in [1.165, 1.54) is 30.6 Å². The third-order valence-electron chi connectivity index (χ3n) is 6.91. The highest BCUT2D eigenvalue weighted by Crippen LogP contribution is 2.49. The van der Waals surface area contributed by atoms with Gasteiger partial charge in [0.2, 0.25) is 0 Å². The van der Waals surface area contributed by atoms with Crippen molar-refractivity contribution in [2.75, 3.05) is 45.9 Å². The van der Waals surface area contributed by atoms with Gasteiger partial charge < -0.3 is 9.84 Å². The lowest BCUT2D eigenvalue weighted by atomic mass is 9.59. The molecule has 4 rings (SSSR count). The fourth-order valence-corrected chi connectivity index (χ4v) is 5.07. The number of rotatable bonds is 3. The molecular weight excluding hydrogens is 300 g/mol. The second kappa shape index (κ2) is 6.32. The number of piperidine rings is 1. The highest BCUT2D eigenvalue weighted by atomic mass is 16.5. The largest absolute Gasteiger partial charge is 0.508 e. The van der Waals surface area contributed by atoms with Crippen molar-refractivity contribution < 1.29 is 9.84 Å². The van der Waals surface area contributed by atoms with Crippen molar-refractivity contribution in [3.8, 4) is 5.75 Å². The monoisotopic (exact) mass is 330 g/mol. The van der Waals surface area contributed by atoms with Crippen LogP contribution >= 0.6 is 0 Å². The van der Waals surface area contributed by atoms with Crippen molar-refractivity contribution in [3.63, 3.8) is 0 Å². The average molecular weight is 330 g/mol. The van der Waals surface area contributed by atoms with E-state index in [1.807, 2.05) is 12.1 Å². The van der Waals surface area contributed by atoms with Gasteiger partial charge in [0.1, 0.15) is 5.75 Å². The molecule has 3 aliphatic rings. The summed E-state index contributed by atoms with van der Waals surface area (Å²) >= 11 is 0. The Bertz CT molecular complexity index is 599. The summed E-state index contributed by atoms with van der Waals surface area (Å²) in [4.78, 5) is 5.26. The van der Waals surface area contributed by atoms with Gasteiger partial charge in [-0.3, -0.25) is 9.80 Å². The van der Waals surface area contributed by atoms with E-state index in [2.05, 4.69) is 29.7 Å². The first kappa shape index (κ1) is 16.4. The number of likely N-dealkylation sites (tertiary alicyclic amines) is 1. The molecule has 2 fully saturated rings. The smallest absolute Gasteiger partial charge is 0.115 e. The summed E-state index contributed by atoms with van der Waals surface area (Å²) in [5.41, 5.74) is 3.03. The molecule has 132 valence electrons. The Balaban J connectivity index is 1.50. The summed E-state index contributed by atoms with van der Waals surface area (Å²) in [6.45, 7) is 12.2. The maximum atomic E-state index is 9.94. The molecule has 0 radical (unpaired) electrons. The average Bonchev–Trinajstić information content (AvgIpc) is 2.59. The van der Waals surface area contributed by atoms with Gasteiger partial charge in [-0.25, -0.2) is 0 Å². The van der Waals surface area contributed by atoms with Crippen LogP contribution in [0, 0.1) is 5.92 Å². The molecule has 2 heterocycles. The summed E-state index contributed by atoms with van der Waals surface area (Å²) in [7, 11) is 0. The molecule has 1 N–H and O–H groups in total. The number of aromatic hydroxyl groups is 1. The molecule has 3 atom stereocenters. The van der Waals surface area contributed by atoms with Crippen LogP contribution in [0.5, 0.6) is 5.75 Å². The number of benzene rings is 1. The van der Waals surface area contributed by atoms with Gasteiger partial charge in [0.15, 0.2) is 0 Å². The maximum Gasteiger partial charge on any atom is 0.115 e. The number of fused-ring (bicyclic) bond motifs is 4. The Labute approximate surface area is 145 Å². The highest BCUT2D eigenvalue weighted by molar-refractivity contribution is 5.44. The van der Waals surface area contributed by atoms with Crippen LogP contribution in [-0.2, 0) is 16.6 Å². The van der Waals surface area contributed by atoms with Gasteiger partial charge in [0.05, 0.1) is 13.2 Å². The van der Waals surface area contributed by atoms with Gasteiger partial charge in [-0.2, -0.15) is 0 Å². The number of phenolic OH excluding ortho intramolecular Hbond substituents is 1. The minimum absolute atomic E-state index is 0.201. The zero-order valence-electron chi connectivity index (χ0n) is 15.0. The molecule has 4 heteroatoms. The van der Waals surface area contributed by atoms with Gasteiger partial charge in [0, 0.05) is 32.2 Å². The lowest BCUT2D eigenvalue weighted by molar-refractivity contribution is 0.00538. The molecule has 1 aromatic carbocycles.